The van der Waals surface area contributed by atoms with Crippen molar-refractivity contribution in [2.75, 3.05) is 0 Å². The van der Waals surface area contributed by atoms with E-state index in [4.69, 9.17) is 16.3 Å². The maximum Gasteiger partial charge on any atom is 0.0595 e. The normalized spacial score (nSPS) is 35.3. The van der Waals surface area contributed by atoms with Gasteiger partial charge in [-0.05, 0) is 31.6 Å². The number of hydrogen-bond donors (Lipinski definition) is 0. The quantitative estimate of drug-likeness (QED) is 0.639. The molecule has 13 heavy (non-hydrogen) atoms. The molecule has 0 aromatic carbocycles. The van der Waals surface area contributed by atoms with Crippen LogP contribution in [0.5, 0.6) is 0 Å². The topological polar surface area (TPSA) is 9.23 Å². The fourth-order valence-electron chi connectivity index (χ4n) is 1.99. The average Bonchev–Trinajstić information content (AvgIpc) is 2.01. The van der Waals surface area contributed by atoms with Gasteiger partial charge in [-0.25, -0.2) is 0 Å². The molecule has 0 N–H and O–H groups in total. The first-order valence-corrected chi connectivity index (χ1v) is 5.85. The van der Waals surface area contributed by atoms with Gasteiger partial charge in [-0.3, -0.25) is 0 Å². The van der Waals surface area contributed by atoms with Crippen LogP contribution in [0.4, 0.5) is 0 Å². The van der Waals surface area contributed by atoms with Crippen molar-refractivity contribution in [3.8, 4) is 0 Å². The minimum absolute atomic E-state index is 0.336. The molecule has 0 radical (unpaired) electrons. The summed E-state index contributed by atoms with van der Waals surface area (Å²) in [6.45, 7) is 6.65. The Morgan fingerprint density at radius 3 is 2.46 bits per heavy atom. The van der Waals surface area contributed by atoms with Gasteiger partial charge in [0.15, 0.2) is 0 Å². The summed E-state index contributed by atoms with van der Waals surface area (Å²) in [7, 11) is 0. The van der Waals surface area contributed by atoms with E-state index in [1.807, 2.05) is 0 Å². The lowest BCUT2D eigenvalue weighted by Crippen LogP contribution is -2.33. The molecule has 0 spiro atoms. The summed E-state index contributed by atoms with van der Waals surface area (Å²) in [5.41, 5.74) is 0. The first-order valence-electron chi connectivity index (χ1n) is 5.41. The molecule has 0 aliphatic carbocycles. The van der Waals surface area contributed by atoms with Crippen molar-refractivity contribution in [1.82, 2.24) is 0 Å². The molecular formula is C11H21ClO. The van der Waals surface area contributed by atoms with E-state index in [9.17, 15) is 0 Å². The molecule has 1 heterocycles. The van der Waals surface area contributed by atoms with Crippen LogP contribution in [0.1, 0.15) is 46.5 Å². The van der Waals surface area contributed by atoms with E-state index in [-0.39, 0.29) is 0 Å². The SMILES string of the molecule is CCC1CC(Cl)CC(CC(C)C)O1. The Bertz CT molecular complexity index is 145. The predicted molar refractivity (Wildman–Crippen MR) is 57.3 cm³/mol. The molecule has 3 unspecified atom stereocenters. The van der Waals surface area contributed by atoms with Crippen LogP contribution in [-0.4, -0.2) is 17.6 Å². The monoisotopic (exact) mass is 204 g/mol. The van der Waals surface area contributed by atoms with Gasteiger partial charge in [-0.2, -0.15) is 0 Å². The van der Waals surface area contributed by atoms with Crippen LogP contribution in [0.2, 0.25) is 0 Å². The number of alkyl halides is 1. The Morgan fingerprint density at radius 2 is 1.92 bits per heavy atom. The zero-order chi connectivity index (χ0) is 9.84. The number of hydrogen-bond acceptors (Lipinski definition) is 1. The third kappa shape index (κ3) is 3.86. The van der Waals surface area contributed by atoms with E-state index < -0.39 is 0 Å². The van der Waals surface area contributed by atoms with Gasteiger partial charge in [0, 0.05) is 5.38 Å². The van der Waals surface area contributed by atoms with Crippen molar-refractivity contribution in [2.45, 2.75) is 64.0 Å². The molecule has 3 atom stereocenters. The van der Waals surface area contributed by atoms with Gasteiger partial charge in [0.2, 0.25) is 0 Å². The molecule has 1 nitrogen and oxygen atoms in total. The molecule has 1 aliphatic rings. The number of rotatable bonds is 3. The fraction of sp³-hybridized carbons (Fsp3) is 1.00. The lowest BCUT2D eigenvalue weighted by molar-refractivity contribution is -0.0570. The molecule has 0 bridgehead atoms. The maximum absolute atomic E-state index is 6.19. The van der Waals surface area contributed by atoms with Gasteiger partial charge in [-0.15, -0.1) is 11.6 Å². The van der Waals surface area contributed by atoms with Crippen LogP contribution in [0.15, 0.2) is 0 Å². The number of ether oxygens (including phenoxy) is 1. The van der Waals surface area contributed by atoms with Crippen LogP contribution in [-0.2, 0) is 4.74 Å². The summed E-state index contributed by atoms with van der Waals surface area (Å²) in [5, 5.41) is 0.336. The molecule has 78 valence electrons. The minimum Gasteiger partial charge on any atom is -0.375 e. The van der Waals surface area contributed by atoms with Crippen molar-refractivity contribution in [1.29, 1.82) is 0 Å². The third-order valence-electron chi connectivity index (χ3n) is 2.61. The third-order valence-corrected chi connectivity index (χ3v) is 2.97. The van der Waals surface area contributed by atoms with E-state index in [0.29, 0.717) is 23.5 Å². The summed E-state index contributed by atoms with van der Waals surface area (Å²) >= 11 is 6.19. The summed E-state index contributed by atoms with van der Waals surface area (Å²) in [5.74, 6) is 0.712. The number of halogens is 1. The highest BCUT2D eigenvalue weighted by Gasteiger charge is 2.27. The summed E-state index contributed by atoms with van der Waals surface area (Å²) in [6.07, 6.45) is 5.13. The zero-order valence-corrected chi connectivity index (χ0v) is 9.68. The Hall–Kier alpha value is 0.250. The average molecular weight is 205 g/mol. The Balaban J connectivity index is 2.37. The van der Waals surface area contributed by atoms with Gasteiger partial charge in [-0.1, -0.05) is 20.8 Å². The highest BCUT2D eigenvalue weighted by molar-refractivity contribution is 6.20. The van der Waals surface area contributed by atoms with Gasteiger partial charge in [0.25, 0.3) is 0 Å². The molecule has 0 saturated carbocycles. The highest BCUT2D eigenvalue weighted by Crippen LogP contribution is 2.28. The lowest BCUT2D eigenvalue weighted by atomic mass is 9.96. The van der Waals surface area contributed by atoms with E-state index in [0.717, 1.165) is 25.7 Å². The van der Waals surface area contributed by atoms with E-state index >= 15 is 0 Å². The first kappa shape index (κ1) is 11.3. The fourth-order valence-corrected chi connectivity index (χ4v) is 2.39. The van der Waals surface area contributed by atoms with Crippen LogP contribution in [0, 0.1) is 5.92 Å². The minimum atomic E-state index is 0.336. The van der Waals surface area contributed by atoms with Crippen molar-refractivity contribution < 1.29 is 4.74 Å². The predicted octanol–water partition coefficient (Wildman–Crippen LogP) is 3.60. The molecular weight excluding hydrogens is 184 g/mol. The molecule has 2 heteroatoms. The summed E-state index contributed by atoms with van der Waals surface area (Å²) in [6, 6.07) is 0. The second-order valence-corrected chi connectivity index (χ2v) is 5.10. The molecule has 0 aromatic rings. The van der Waals surface area contributed by atoms with Crippen LogP contribution < -0.4 is 0 Å². The van der Waals surface area contributed by atoms with E-state index in [2.05, 4.69) is 20.8 Å². The second-order valence-electron chi connectivity index (χ2n) is 4.49. The van der Waals surface area contributed by atoms with Crippen molar-refractivity contribution >= 4 is 11.6 Å². The van der Waals surface area contributed by atoms with Crippen molar-refractivity contribution in [3.05, 3.63) is 0 Å². The Kier molecular flexibility index (Phi) is 4.54. The van der Waals surface area contributed by atoms with Crippen LogP contribution in [0.25, 0.3) is 0 Å². The van der Waals surface area contributed by atoms with Crippen LogP contribution >= 0.6 is 11.6 Å². The van der Waals surface area contributed by atoms with E-state index in [1.54, 1.807) is 0 Å². The molecule has 1 rings (SSSR count). The summed E-state index contributed by atoms with van der Waals surface area (Å²) < 4.78 is 5.93. The summed E-state index contributed by atoms with van der Waals surface area (Å²) in [4.78, 5) is 0. The smallest absolute Gasteiger partial charge is 0.0595 e. The van der Waals surface area contributed by atoms with E-state index in [1.165, 1.54) is 0 Å². The second kappa shape index (κ2) is 5.21. The molecule has 1 saturated heterocycles. The van der Waals surface area contributed by atoms with Gasteiger partial charge < -0.3 is 4.74 Å². The van der Waals surface area contributed by atoms with Crippen molar-refractivity contribution in [3.63, 3.8) is 0 Å². The molecule has 0 aromatic heterocycles. The van der Waals surface area contributed by atoms with Gasteiger partial charge in [0.1, 0.15) is 0 Å². The standard InChI is InChI=1S/C11H21ClO/c1-4-10-6-9(12)7-11(13-10)5-8(2)3/h8-11H,4-7H2,1-3H3. The highest BCUT2D eigenvalue weighted by atomic mass is 35.5. The van der Waals surface area contributed by atoms with Gasteiger partial charge >= 0.3 is 0 Å². The van der Waals surface area contributed by atoms with Crippen LogP contribution in [0.3, 0.4) is 0 Å². The van der Waals surface area contributed by atoms with Crippen molar-refractivity contribution in [2.24, 2.45) is 5.92 Å². The molecule has 1 fully saturated rings. The van der Waals surface area contributed by atoms with Gasteiger partial charge in [0.05, 0.1) is 12.2 Å². The first-order chi connectivity index (χ1) is 6.11. The zero-order valence-electron chi connectivity index (χ0n) is 8.92. The molecule has 1 aliphatic heterocycles. The molecule has 0 amide bonds. The lowest BCUT2D eigenvalue weighted by Gasteiger charge is -2.33. The Labute approximate surface area is 86.8 Å². The largest absolute Gasteiger partial charge is 0.375 e. The maximum atomic E-state index is 6.19. The Morgan fingerprint density at radius 1 is 1.31 bits per heavy atom.